The molecule has 5 nitrogen and oxygen atoms in total. The molecule has 4 rings (SSSR count). The van der Waals surface area contributed by atoms with Crippen molar-refractivity contribution in [3.05, 3.63) is 65.7 Å². The Kier molecular flexibility index (Phi) is 6.47. The summed E-state index contributed by atoms with van der Waals surface area (Å²) in [5.74, 6) is -0.128. The van der Waals surface area contributed by atoms with Crippen LogP contribution in [0, 0.1) is 0 Å². The third-order valence-electron chi connectivity index (χ3n) is 5.81. The van der Waals surface area contributed by atoms with Crippen LogP contribution in [0.1, 0.15) is 48.0 Å². The van der Waals surface area contributed by atoms with Gasteiger partial charge in [0.05, 0.1) is 5.56 Å². The van der Waals surface area contributed by atoms with Crippen molar-refractivity contribution in [1.29, 1.82) is 0 Å². The minimum Gasteiger partial charge on any atom is -0.371 e. The molecule has 2 aromatic carbocycles. The number of piperidine rings is 1. The molecule has 0 saturated carbocycles. The lowest BCUT2D eigenvalue weighted by atomic mass is 10.1. The van der Waals surface area contributed by atoms with Gasteiger partial charge in [0.25, 0.3) is 5.91 Å². The number of hydrogen-bond donors (Lipinski definition) is 1. The summed E-state index contributed by atoms with van der Waals surface area (Å²) in [5, 5.41) is 2.91. The van der Waals surface area contributed by atoms with Gasteiger partial charge in [0.2, 0.25) is 5.91 Å². The molecule has 0 radical (unpaired) electrons. The van der Waals surface area contributed by atoms with Crippen molar-refractivity contribution in [1.82, 2.24) is 4.90 Å². The molecule has 2 aliphatic heterocycles. The van der Waals surface area contributed by atoms with Crippen LogP contribution in [-0.4, -0.2) is 42.9 Å². The predicted molar refractivity (Wildman–Crippen MR) is 122 cm³/mol. The highest BCUT2D eigenvalue weighted by Gasteiger charge is 2.25. The molecule has 0 unspecified atom stereocenters. The molecule has 0 spiro atoms. The first-order valence-corrected chi connectivity index (χ1v) is 10.9. The van der Waals surface area contributed by atoms with Crippen molar-refractivity contribution < 1.29 is 9.59 Å². The smallest absolute Gasteiger partial charge is 0.256 e. The van der Waals surface area contributed by atoms with Crippen LogP contribution in [0.4, 0.5) is 11.4 Å². The average molecular weight is 404 g/mol. The summed E-state index contributed by atoms with van der Waals surface area (Å²) in [6.07, 6.45) is 8.92. The first-order valence-electron chi connectivity index (χ1n) is 10.9. The van der Waals surface area contributed by atoms with Crippen LogP contribution >= 0.6 is 0 Å². The Hall–Kier alpha value is -3.08. The molecule has 2 saturated heterocycles. The molecule has 0 aliphatic carbocycles. The minimum absolute atomic E-state index is 0.0764. The van der Waals surface area contributed by atoms with Gasteiger partial charge in [0, 0.05) is 43.6 Å². The van der Waals surface area contributed by atoms with Crippen LogP contribution in [0.5, 0.6) is 0 Å². The van der Waals surface area contributed by atoms with Crippen LogP contribution in [0.15, 0.2) is 54.6 Å². The zero-order chi connectivity index (χ0) is 20.8. The van der Waals surface area contributed by atoms with E-state index in [2.05, 4.69) is 10.2 Å². The average Bonchev–Trinajstić information content (AvgIpc) is 3.33. The summed E-state index contributed by atoms with van der Waals surface area (Å²) in [6.45, 7) is 3.58. The molecule has 2 aromatic rings. The van der Waals surface area contributed by atoms with Gasteiger partial charge in [-0.05, 0) is 61.9 Å². The van der Waals surface area contributed by atoms with Crippen LogP contribution in [0.2, 0.25) is 0 Å². The molecule has 156 valence electrons. The normalized spacial score (nSPS) is 16.8. The summed E-state index contributed by atoms with van der Waals surface area (Å²) >= 11 is 0. The second-order valence-corrected chi connectivity index (χ2v) is 8.01. The monoisotopic (exact) mass is 403 g/mol. The number of carbonyl (C=O) groups is 2. The van der Waals surface area contributed by atoms with E-state index in [0.29, 0.717) is 11.3 Å². The Bertz CT molecular complexity index is 911. The number of anilines is 2. The quantitative estimate of drug-likeness (QED) is 0.745. The highest BCUT2D eigenvalue weighted by Crippen LogP contribution is 2.29. The maximum atomic E-state index is 13.3. The summed E-state index contributed by atoms with van der Waals surface area (Å²) in [4.78, 5) is 30.0. The van der Waals surface area contributed by atoms with Gasteiger partial charge in [0.15, 0.2) is 0 Å². The number of nitrogens with zero attached hydrogens (tertiary/aromatic N) is 2. The molecule has 2 fully saturated rings. The zero-order valence-electron chi connectivity index (χ0n) is 17.3. The number of hydrogen-bond acceptors (Lipinski definition) is 3. The summed E-state index contributed by atoms with van der Waals surface area (Å²) in [6, 6.07) is 15.4. The van der Waals surface area contributed by atoms with E-state index in [-0.39, 0.29) is 11.8 Å². The van der Waals surface area contributed by atoms with Gasteiger partial charge < -0.3 is 15.1 Å². The van der Waals surface area contributed by atoms with Gasteiger partial charge in [-0.1, -0.05) is 30.3 Å². The van der Waals surface area contributed by atoms with Crippen molar-refractivity contribution in [3.63, 3.8) is 0 Å². The topological polar surface area (TPSA) is 52.7 Å². The summed E-state index contributed by atoms with van der Waals surface area (Å²) < 4.78 is 0. The lowest BCUT2D eigenvalue weighted by Crippen LogP contribution is -2.36. The molecular formula is C25H29N3O2. The van der Waals surface area contributed by atoms with Crippen LogP contribution in [0.25, 0.3) is 6.08 Å². The first kappa shape index (κ1) is 20.2. The Morgan fingerprint density at radius 3 is 2.27 bits per heavy atom. The Balaban J connectivity index is 1.54. The minimum atomic E-state index is -0.204. The van der Waals surface area contributed by atoms with Crippen LogP contribution < -0.4 is 10.2 Å². The van der Waals surface area contributed by atoms with Crippen molar-refractivity contribution in [2.75, 3.05) is 36.4 Å². The number of benzene rings is 2. The van der Waals surface area contributed by atoms with E-state index in [9.17, 15) is 9.59 Å². The highest BCUT2D eigenvalue weighted by atomic mass is 16.2. The van der Waals surface area contributed by atoms with Gasteiger partial charge in [-0.3, -0.25) is 9.59 Å². The molecule has 2 aliphatic rings. The maximum Gasteiger partial charge on any atom is 0.256 e. The van der Waals surface area contributed by atoms with E-state index in [1.165, 1.54) is 12.5 Å². The molecule has 1 N–H and O–H groups in total. The number of amides is 2. The number of likely N-dealkylation sites (tertiary alicyclic amines) is 1. The summed E-state index contributed by atoms with van der Waals surface area (Å²) in [5.41, 5.74) is 3.31. The molecule has 30 heavy (non-hydrogen) atoms. The third-order valence-corrected chi connectivity index (χ3v) is 5.81. The standard InChI is InChI=1S/C25H29N3O2/c29-24(14-11-20-9-3-1-4-10-20)26-21-12-13-23(27-15-7-8-16-27)22(19-21)25(30)28-17-5-2-6-18-28/h1,3-4,9-14,19H,2,5-8,15-18H2,(H,26,29)/b14-11+. The second kappa shape index (κ2) is 9.61. The molecule has 0 atom stereocenters. The SMILES string of the molecule is O=C(/C=C/c1ccccc1)Nc1ccc(N2CCCC2)c(C(=O)N2CCCCC2)c1. The third kappa shape index (κ3) is 4.90. The van der Waals surface area contributed by atoms with Gasteiger partial charge in [-0.25, -0.2) is 0 Å². The van der Waals surface area contributed by atoms with E-state index in [1.54, 1.807) is 6.08 Å². The number of carbonyl (C=O) groups excluding carboxylic acids is 2. The van der Waals surface area contributed by atoms with E-state index < -0.39 is 0 Å². The molecule has 2 heterocycles. The highest BCUT2D eigenvalue weighted by molar-refractivity contribution is 6.05. The number of rotatable bonds is 5. The van der Waals surface area contributed by atoms with E-state index in [4.69, 9.17) is 0 Å². The van der Waals surface area contributed by atoms with Gasteiger partial charge in [0.1, 0.15) is 0 Å². The van der Waals surface area contributed by atoms with E-state index in [0.717, 1.165) is 63.1 Å². The molecule has 2 amide bonds. The van der Waals surface area contributed by atoms with Gasteiger partial charge >= 0.3 is 0 Å². The van der Waals surface area contributed by atoms with E-state index >= 15 is 0 Å². The van der Waals surface area contributed by atoms with Crippen molar-refractivity contribution in [3.8, 4) is 0 Å². The maximum absolute atomic E-state index is 13.3. The van der Waals surface area contributed by atoms with Crippen LogP contribution in [0.3, 0.4) is 0 Å². The van der Waals surface area contributed by atoms with Crippen molar-refractivity contribution >= 4 is 29.3 Å². The fourth-order valence-electron chi connectivity index (χ4n) is 4.21. The predicted octanol–water partition coefficient (Wildman–Crippen LogP) is 4.56. The Morgan fingerprint density at radius 2 is 1.53 bits per heavy atom. The molecule has 5 heteroatoms. The molecular weight excluding hydrogens is 374 g/mol. The van der Waals surface area contributed by atoms with Gasteiger partial charge in [-0.2, -0.15) is 0 Å². The summed E-state index contributed by atoms with van der Waals surface area (Å²) in [7, 11) is 0. The Labute approximate surface area is 178 Å². The van der Waals surface area contributed by atoms with Gasteiger partial charge in [-0.15, -0.1) is 0 Å². The first-order chi connectivity index (χ1) is 14.7. The van der Waals surface area contributed by atoms with Crippen molar-refractivity contribution in [2.45, 2.75) is 32.1 Å². The second-order valence-electron chi connectivity index (χ2n) is 8.01. The lowest BCUT2D eigenvalue weighted by molar-refractivity contribution is -0.111. The van der Waals surface area contributed by atoms with E-state index in [1.807, 2.05) is 53.4 Å². The fourth-order valence-corrected chi connectivity index (χ4v) is 4.21. The fraction of sp³-hybridized carbons (Fsp3) is 0.360. The Morgan fingerprint density at radius 1 is 0.833 bits per heavy atom. The lowest BCUT2D eigenvalue weighted by Gasteiger charge is -2.29. The largest absolute Gasteiger partial charge is 0.371 e. The van der Waals surface area contributed by atoms with Crippen LogP contribution in [-0.2, 0) is 4.79 Å². The number of nitrogens with one attached hydrogen (secondary N) is 1. The molecule has 0 aromatic heterocycles. The zero-order valence-corrected chi connectivity index (χ0v) is 17.3. The van der Waals surface area contributed by atoms with Crippen molar-refractivity contribution in [2.24, 2.45) is 0 Å². The molecule has 0 bridgehead atoms.